The first-order chi connectivity index (χ1) is 9.85. The molecular formula is C14H21ClN4O2. The highest BCUT2D eigenvalue weighted by Crippen LogP contribution is 2.28. The number of aryl methyl sites for hydroxylation is 2. The van der Waals surface area contributed by atoms with Gasteiger partial charge in [-0.1, -0.05) is 18.5 Å². The number of carbonyl (C=O) groups is 2. The quantitative estimate of drug-likeness (QED) is 0.916. The Morgan fingerprint density at radius 1 is 1.38 bits per heavy atom. The van der Waals surface area contributed by atoms with E-state index in [2.05, 4.69) is 10.4 Å². The van der Waals surface area contributed by atoms with Crippen LogP contribution in [0.5, 0.6) is 0 Å². The first-order valence-corrected chi connectivity index (χ1v) is 7.53. The van der Waals surface area contributed by atoms with E-state index in [4.69, 9.17) is 11.6 Å². The summed E-state index contributed by atoms with van der Waals surface area (Å²) in [6.07, 6.45) is 0.543. The monoisotopic (exact) mass is 312 g/mol. The third-order valence-corrected chi connectivity index (χ3v) is 4.73. The van der Waals surface area contributed by atoms with E-state index < -0.39 is 5.54 Å². The second-order valence-electron chi connectivity index (χ2n) is 5.45. The van der Waals surface area contributed by atoms with Crippen LogP contribution in [0, 0.1) is 6.92 Å². The van der Waals surface area contributed by atoms with Gasteiger partial charge >= 0.3 is 0 Å². The number of piperazine rings is 1. The fourth-order valence-electron chi connectivity index (χ4n) is 2.62. The Balaban J connectivity index is 2.40. The highest BCUT2D eigenvalue weighted by molar-refractivity contribution is 6.31. The van der Waals surface area contributed by atoms with Gasteiger partial charge in [0.05, 0.1) is 29.5 Å². The van der Waals surface area contributed by atoms with Gasteiger partial charge in [-0.3, -0.25) is 14.3 Å². The van der Waals surface area contributed by atoms with Crippen molar-refractivity contribution in [3.05, 3.63) is 16.4 Å². The van der Waals surface area contributed by atoms with Crippen molar-refractivity contribution >= 4 is 23.4 Å². The number of nitrogens with zero attached hydrogens (tertiary/aromatic N) is 3. The number of hydrogen-bond acceptors (Lipinski definition) is 3. The van der Waals surface area contributed by atoms with Crippen LogP contribution in [0.3, 0.4) is 0 Å². The summed E-state index contributed by atoms with van der Waals surface area (Å²) in [5.41, 5.74) is 0.662. The van der Waals surface area contributed by atoms with Crippen molar-refractivity contribution in [3.8, 4) is 0 Å². The number of rotatable bonds is 4. The Kier molecular flexibility index (Phi) is 4.27. The second-order valence-corrected chi connectivity index (χ2v) is 5.83. The number of aromatic nitrogens is 2. The van der Waals surface area contributed by atoms with Crippen LogP contribution in [0.2, 0.25) is 5.02 Å². The molecule has 1 N–H and O–H groups in total. The minimum Gasteiger partial charge on any atom is -0.345 e. The third-order valence-electron chi connectivity index (χ3n) is 4.24. The first-order valence-electron chi connectivity index (χ1n) is 7.15. The SMILES string of the molecule is CCn1nc(C)c(Cl)c1CN1C(=O)CNC(=O)C1(C)CC. The Morgan fingerprint density at radius 3 is 2.62 bits per heavy atom. The second kappa shape index (κ2) is 5.67. The largest absolute Gasteiger partial charge is 0.345 e. The summed E-state index contributed by atoms with van der Waals surface area (Å²) < 4.78 is 1.79. The van der Waals surface area contributed by atoms with Crippen LogP contribution < -0.4 is 5.32 Å². The highest BCUT2D eigenvalue weighted by Gasteiger charge is 2.44. The van der Waals surface area contributed by atoms with Crippen molar-refractivity contribution in [3.63, 3.8) is 0 Å². The molecule has 1 atom stereocenters. The predicted molar refractivity (Wildman–Crippen MR) is 79.9 cm³/mol. The van der Waals surface area contributed by atoms with Crippen molar-refractivity contribution in [2.24, 2.45) is 0 Å². The molecule has 2 amide bonds. The summed E-state index contributed by atoms with van der Waals surface area (Å²) in [4.78, 5) is 26.1. The molecule has 1 aromatic heterocycles. The summed E-state index contributed by atoms with van der Waals surface area (Å²) in [7, 11) is 0. The fourth-order valence-corrected chi connectivity index (χ4v) is 2.82. The van der Waals surface area contributed by atoms with Gasteiger partial charge in [-0.05, 0) is 27.2 Å². The Labute approximate surface area is 129 Å². The summed E-state index contributed by atoms with van der Waals surface area (Å²) in [5.74, 6) is -0.225. The smallest absolute Gasteiger partial charge is 0.246 e. The lowest BCUT2D eigenvalue weighted by Gasteiger charge is -2.43. The van der Waals surface area contributed by atoms with Crippen LogP contribution in [0.15, 0.2) is 0 Å². The van der Waals surface area contributed by atoms with Crippen molar-refractivity contribution in [2.45, 2.75) is 52.7 Å². The minimum absolute atomic E-state index is 0.0330. The molecule has 1 fully saturated rings. The number of carbonyl (C=O) groups excluding carboxylic acids is 2. The zero-order valence-electron chi connectivity index (χ0n) is 12.9. The van der Waals surface area contributed by atoms with Gasteiger partial charge in [0.2, 0.25) is 11.8 Å². The molecule has 0 radical (unpaired) electrons. The lowest BCUT2D eigenvalue weighted by atomic mass is 9.92. The van der Waals surface area contributed by atoms with Gasteiger partial charge in [0.25, 0.3) is 0 Å². The molecule has 0 bridgehead atoms. The number of nitrogens with one attached hydrogen (secondary N) is 1. The van der Waals surface area contributed by atoms with Gasteiger partial charge in [0, 0.05) is 6.54 Å². The number of halogens is 1. The van der Waals surface area contributed by atoms with Gasteiger partial charge < -0.3 is 10.2 Å². The zero-order chi connectivity index (χ0) is 15.8. The van der Waals surface area contributed by atoms with Crippen LogP contribution in [0.1, 0.15) is 38.6 Å². The molecular weight excluding hydrogens is 292 g/mol. The molecule has 0 aliphatic carbocycles. The lowest BCUT2D eigenvalue weighted by molar-refractivity contribution is -0.153. The van der Waals surface area contributed by atoms with Gasteiger partial charge in [-0.25, -0.2) is 0 Å². The Morgan fingerprint density at radius 2 is 2.05 bits per heavy atom. The molecule has 1 aliphatic heterocycles. The van der Waals surface area contributed by atoms with E-state index in [0.717, 1.165) is 11.4 Å². The molecule has 0 saturated carbocycles. The normalized spacial score (nSPS) is 22.6. The lowest BCUT2D eigenvalue weighted by Crippen LogP contribution is -2.65. The molecule has 0 aromatic carbocycles. The van der Waals surface area contributed by atoms with E-state index in [0.29, 0.717) is 24.5 Å². The number of amides is 2. The molecule has 116 valence electrons. The summed E-state index contributed by atoms with van der Waals surface area (Å²) in [6, 6.07) is 0. The maximum absolute atomic E-state index is 12.3. The molecule has 1 aliphatic rings. The predicted octanol–water partition coefficient (Wildman–Crippen LogP) is 1.49. The van der Waals surface area contributed by atoms with E-state index in [1.807, 2.05) is 20.8 Å². The van der Waals surface area contributed by atoms with Gasteiger partial charge in [-0.15, -0.1) is 0 Å². The van der Waals surface area contributed by atoms with Crippen LogP contribution in [0.4, 0.5) is 0 Å². The van der Waals surface area contributed by atoms with Crippen LogP contribution in [-0.4, -0.2) is 38.6 Å². The van der Waals surface area contributed by atoms with E-state index in [-0.39, 0.29) is 18.4 Å². The van der Waals surface area contributed by atoms with Crippen LogP contribution in [0.25, 0.3) is 0 Å². The Hall–Kier alpha value is -1.56. The molecule has 7 heteroatoms. The Bertz CT molecular complexity index is 584. The van der Waals surface area contributed by atoms with E-state index in [9.17, 15) is 9.59 Å². The minimum atomic E-state index is -0.852. The molecule has 0 spiro atoms. The average Bonchev–Trinajstić information content (AvgIpc) is 2.74. The molecule has 1 aromatic rings. The third kappa shape index (κ3) is 2.52. The van der Waals surface area contributed by atoms with E-state index in [1.165, 1.54) is 0 Å². The van der Waals surface area contributed by atoms with Crippen LogP contribution >= 0.6 is 11.6 Å². The summed E-state index contributed by atoms with van der Waals surface area (Å²) in [5, 5.41) is 7.57. The zero-order valence-corrected chi connectivity index (χ0v) is 13.6. The molecule has 2 heterocycles. The summed E-state index contributed by atoms with van der Waals surface area (Å²) >= 11 is 6.31. The van der Waals surface area contributed by atoms with Gasteiger partial charge in [0.1, 0.15) is 5.54 Å². The topological polar surface area (TPSA) is 67.2 Å². The first kappa shape index (κ1) is 15.8. The average molecular weight is 313 g/mol. The van der Waals surface area contributed by atoms with Gasteiger partial charge in [0.15, 0.2) is 0 Å². The highest BCUT2D eigenvalue weighted by atomic mass is 35.5. The van der Waals surface area contributed by atoms with E-state index in [1.54, 1.807) is 16.5 Å². The standard InChI is InChI=1S/C14H21ClN4O2/c1-5-14(4)13(21)16-7-11(20)18(14)8-10-12(15)9(3)17-19(10)6-2/h5-8H2,1-4H3,(H,16,21). The molecule has 6 nitrogen and oxygen atoms in total. The molecule has 1 saturated heterocycles. The van der Waals surface area contributed by atoms with Crippen molar-refractivity contribution in [2.75, 3.05) is 6.54 Å². The van der Waals surface area contributed by atoms with E-state index >= 15 is 0 Å². The van der Waals surface area contributed by atoms with Gasteiger partial charge in [-0.2, -0.15) is 5.10 Å². The molecule has 21 heavy (non-hydrogen) atoms. The van der Waals surface area contributed by atoms with Crippen molar-refractivity contribution < 1.29 is 9.59 Å². The van der Waals surface area contributed by atoms with Crippen LogP contribution in [-0.2, 0) is 22.7 Å². The molecule has 1 unspecified atom stereocenters. The number of hydrogen-bond donors (Lipinski definition) is 1. The molecule has 2 rings (SSSR count). The summed E-state index contributed by atoms with van der Waals surface area (Å²) in [6.45, 7) is 8.48. The fraction of sp³-hybridized carbons (Fsp3) is 0.643. The maximum atomic E-state index is 12.3. The van der Waals surface area contributed by atoms with Crippen molar-refractivity contribution in [1.29, 1.82) is 0 Å². The van der Waals surface area contributed by atoms with Crippen molar-refractivity contribution in [1.82, 2.24) is 20.0 Å². The maximum Gasteiger partial charge on any atom is 0.246 e.